The van der Waals surface area contributed by atoms with Crippen LogP contribution in [0.25, 0.3) is 0 Å². The van der Waals surface area contributed by atoms with Gasteiger partial charge in [0.1, 0.15) is 0 Å². The predicted molar refractivity (Wildman–Crippen MR) is 104 cm³/mol. The van der Waals surface area contributed by atoms with Crippen molar-refractivity contribution in [1.82, 2.24) is 0 Å². The number of ketones is 1. The molecule has 1 unspecified atom stereocenters. The largest absolute Gasteiger partial charge is 0.291 e. The van der Waals surface area contributed by atoms with E-state index in [0.717, 1.165) is 28.1 Å². The number of hydrazone groups is 1. The molecule has 2 aliphatic heterocycles. The van der Waals surface area contributed by atoms with Crippen LogP contribution in [-0.4, -0.2) is 11.5 Å². The topological polar surface area (TPSA) is 32.7 Å². The summed E-state index contributed by atoms with van der Waals surface area (Å²) in [5, 5.41) is 6.86. The number of carbonyl (C=O) groups is 1. The van der Waals surface area contributed by atoms with Gasteiger partial charge in [-0.15, -0.1) is 0 Å². The second kappa shape index (κ2) is 5.40. The lowest BCUT2D eigenvalue weighted by molar-refractivity contribution is 0.0908. The molecule has 0 saturated carbocycles. The lowest BCUT2D eigenvalue weighted by atomic mass is 9.81. The fourth-order valence-corrected chi connectivity index (χ4v) is 4.04. The molecule has 126 valence electrons. The molecule has 5 rings (SSSR count). The molecule has 0 bridgehead atoms. The molecule has 3 heteroatoms. The molecule has 0 aliphatic carbocycles. The molecule has 0 aromatic heterocycles. The van der Waals surface area contributed by atoms with E-state index < -0.39 is 5.54 Å². The Morgan fingerprint density at radius 3 is 2.35 bits per heavy atom. The number of Topliss-reactive ketones (excluding diaryl/α,β-unsaturated/α-hetero) is 1. The van der Waals surface area contributed by atoms with E-state index in [-0.39, 0.29) is 5.78 Å². The summed E-state index contributed by atoms with van der Waals surface area (Å²) in [7, 11) is 0. The average molecular weight is 338 g/mol. The number of fused-ring (bicyclic) bond motifs is 3. The summed E-state index contributed by atoms with van der Waals surface area (Å²) >= 11 is 0. The Labute approximate surface area is 152 Å². The summed E-state index contributed by atoms with van der Waals surface area (Å²) < 4.78 is 0. The van der Waals surface area contributed by atoms with Gasteiger partial charge in [-0.05, 0) is 30.2 Å². The van der Waals surface area contributed by atoms with Crippen molar-refractivity contribution >= 4 is 17.2 Å². The normalized spacial score (nSPS) is 20.7. The van der Waals surface area contributed by atoms with Crippen LogP contribution >= 0.6 is 0 Å². The lowest BCUT2D eigenvalue weighted by Gasteiger charge is -2.30. The molecular formula is C23H18N2O. The number of hydrogen-bond donors (Lipinski definition) is 0. The molecule has 2 aliphatic rings. The molecule has 2 heterocycles. The maximum atomic E-state index is 13.5. The lowest BCUT2D eigenvalue weighted by Crippen LogP contribution is -2.42. The highest BCUT2D eigenvalue weighted by Gasteiger charge is 2.56. The molecular weight excluding hydrogens is 320 g/mol. The van der Waals surface area contributed by atoms with E-state index in [0.29, 0.717) is 6.42 Å². The van der Waals surface area contributed by atoms with Crippen molar-refractivity contribution < 1.29 is 4.79 Å². The summed E-state index contributed by atoms with van der Waals surface area (Å²) in [6.45, 7) is 2.07. The first-order valence-corrected chi connectivity index (χ1v) is 8.84. The van der Waals surface area contributed by atoms with Crippen molar-refractivity contribution in [2.75, 3.05) is 5.01 Å². The predicted octanol–water partition coefficient (Wildman–Crippen LogP) is 4.70. The number of benzene rings is 3. The molecule has 0 fully saturated rings. The first-order chi connectivity index (χ1) is 12.7. The molecule has 0 radical (unpaired) electrons. The molecule has 3 aromatic rings. The summed E-state index contributed by atoms with van der Waals surface area (Å²) in [6, 6.07) is 26.2. The second-order valence-electron chi connectivity index (χ2n) is 6.97. The molecule has 1 atom stereocenters. The molecule has 3 aromatic carbocycles. The third-order valence-corrected chi connectivity index (χ3v) is 5.39. The monoisotopic (exact) mass is 338 g/mol. The van der Waals surface area contributed by atoms with Gasteiger partial charge in [0, 0.05) is 12.0 Å². The number of carbonyl (C=O) groups excluding carboxylic acids is 1. The van der Waals surface area contributed by atoms with Crippen molar-refractivity contribution in [1.29, 1.82) is 0 Å². The number of nitrogens with zero attached hydrogens (tertiary/aromatic N) is 2. The van der Waals surface area contributed by atoms with Gasteiger partial charge in [-0.1, -0.05) is 72.3 Å². The van der Waals surface area contributed by atoms with Crippen LogP contribution in [0.4, 0.5) is 5.69 Å². The first kappa shape index (κ1) is 15.1. The van der Waals surface area contributed by atoms with E-state index in [1.54, 1.807) is 0 Å². The smallest absolute Gasteiger partial charge is 0.197 e. The van der Waals surface area contributed by atoms with Crippen LogP contribution in [-0.2, 0) is 5.54 Å². The Morgan fingerprint density at radius 1 is 0.885 bits per heavy atom. The first-order valence-electron chi connectivity index (χ1n) is 8.84. The summed E-state index contributed by atoms with van der Waals surface area (Å²) in [4.78, 5) is 13.5. The van der Waals surface area contributed by atoms with Gasteiger partial charge >= 0.3 is 0 Å². The van der Waals surface area contributed by atoms with Crippen LogP contribution in [0, 0.1) is 6.92 Å². The number of hydrogen-bond acceptors (Lipinski definition) is 3. The van der Waals surface area contributed by atoms with Crippen molar-refractivity contribution in [3.63, 3.8) is 0 Å². The van der Waals surface area contributed by atoms with Gasteiger partial charge in [0.2, 0.25) is 0 Å². The molecule has 0 saturated heterocycles. The zero-order valence-corrected chi connectivity index (χ0v) is 14.5. The average Bonchev–Trinajstić information content (AvgIpc) is 3.19. The van der Waals surface area contributed by atoms with Crippen LogP contribution in [0.2, 0.25) is 0 Å². The minimum absolute atomic E-state index is 0.130. The van der Waals surface area contributed by atoms with Crippen LogP contribution < -0.4 is 5.01 Å². The number of aryl methyl sites for hydroxylation is 1. The van der Waals surface area contributed by atoms with Crippen molar-refractivity contribution in [3.8, 4) is 0 Å². The van der Waals surface area contributed by atoms with Gasteiger partial charge in [-0.2, -0.15) is 5.10 Å². The summed E-state index contributed by atoms with van der Waals surface area (Å²) in [5.74, 6) is 0.130. The zero-order valence-electron chi connectivity index (χ0n) is 14.5. The van der Waals surface area contributed by atoms with E-state index in [1.165, 1.54) is 5.56 Å². The van der Waals surface area contributed by atoms with E-state index in [4.69, 9.17) is 5.10 Å². The minimum Gasteiger partial charge on any atom is -0.291 e. The zero-order chi connectivity index (χ0) is 17.7. The maximum absolute atomic E-state index is 13.5. The Hall–Kier alpha value is -3.20. The van der Waals surface area contributed by atoms with Crippen molar-refractivity contribution in [3.05, 3.63) is 101 Å². The van der Waals surface area contributed by atoms with Gasteiger partial charge in [0.05, 0.1) is 11.4 Å². The quantitative estimate of drug-likeness (QED) is 0.678. The van der Waals surface area contributed by atoms with Crippen LogP contribution in [0.15, 0.2) is 84.0 Å². The molecule has 0 spiro atoms. The van der Waals surface area contributed by atoms with Crippen LogP contribution in [0.3, 0.4) is 0 Å². The van der Waals surface area contributed by atoms with Gasteiger partial charge < -0.3 is 0 Å². The van der Waals surface area contributed by atoms with Gasteiger partial charge in [0.15, 0.2) is 11.3 Å². The van der Waals surface area contributed by atoms with Crippen LogP contribution in [0.1, 0.15) is 33.5 Å². The highest BCUT2D eigenvalue weighted by Crippen LogP contribution is 2.50. The van der Waals surface area contributed by atoms with E-state index in [1.807, 2.05) is 59.6 Å². The minimum atomic E-state index is -0.773. The molecule has 3 nitrogen and oxygen atoms in total. The van der Waals surface area contributed by atoms with E-state index in [2.05, 4.69) is 31.2 Å². The molecule has 0 amide bonds. The molecule has 26 heavy (non-hydrogen) atoms. The Balaban J connectivity index is 1.71. The number of rotatable bonds is 2. The van der Waals surface area contributed by atoms with Crippen molar-refractivity contribution in [2.24, 2.45) is 5.10 Å². The SMILES string of the molecule is Cc1ccc(C2=NN3c4ccccc4C(=O)C3(c3ccccc3)C2)cc1. The molecule has 0 N–H and O–H groups in total. The van der Waals surface area contributed by atoms with Gasteiger partial charge in [-0.3, -0.25) is 4.79 Å². The summed E-state index contributed by atoms with van der Waals surface area (Å²) in [5.41, 5.74) is 5.11. The Bertz CT molecular complexity index is 1040. The standard InChI is InChI=1S/C23H18N2O/c1-16-11-13-17(14-12-16)20-15-23(18-7-3-2-4-8-18)22(26)19-9-5-6-10-21(19)25(23)24-20/h2-14H,15H2,1H3. The van der Waals surface area contributed by atoms with Gasteiger partial charge in [0.25, 0.3) is 0 Å². The van der Waals surface area contributed by atoms with Crippen LogP contribution in [0.5, 0.6) is 0 Å². The number of para-hydroxylation sites is 1. The van der Waals surface area contributed by atoms with Crippen molar-refractivity contribution in [2.45, 2.75) is 18.9 Å². The fraction of sp³-hybridized carbons (Fsp3) is 0.130. The highest BCUT2D eigenvalue weighted by molar-refractivity contribution is 6.20. The maximum Gasteiger partial charge on any atom is 0.197 e. The van der Waals surface area contributed by atoms with E-state index in [9.17, 15) is 4.79 Å². The third-order valence-electron chi connectivity index (χ3n) is 5.39. The van der Waals surface area contributed by atoms with Gasteiger partial charge in [-0.25, -0.2) is 5.01 Å². The highest BCUT2D eigenvalue weighted by atomic mass is 16.1. The fourth-order valence-electron chi connectivity index (χ4n) is 4.04. The second-order valence-corrected chi connectivity index (χ2v) is 6.97. The van der Waals surface area contributed by atoms with E-state index >= 15 is 0 Å². The number of anilines is 1. The Kier molecular flexibility index (Phi) is 3.13. The third kappa shape index (κ3) is 1.94. The Morgan fingerprint density at radius 2 is 1.58 bits per heavy atom. The summed E-state index contributed by atoms with van der Waals surface area (Å²) in [6.07, 6.45) is 0.577.